The van der Waals surface area contributed by atoms with Gasteiger partial charge in [-0.3, -0.25) is 5.10 Å². The first-order chi connectivity index (χ1) is 9.36. The van der Waals surface area contributed by atoms with Gasteiger partial charge < -0.3 is 9.64 Å². The Hall–Kier alpha value is -1.78. The number of carbonyl (C=O) groups is 1. The number of rotatable bonds is 2. The topological polar surface area (TPSA) is 58.2 Å². The fraction of sp³-hybridized carbons (Fsp3) is 0.600. The molecule has 1 aliphatic heterocycles. The summed E-state index contributed by atoms with van der Waals surface area (Å²) >= 11 is 0. The van der Waals surface area contributed by atoms with Gasteiger partial charge in [-0.05, 0) is 39.7 Å². The summed E-state index contributed by atoms with van der Waals surface area (Å²) in [5, 5.41) is 7.04. The number of nitrogens with one attached hydrogen (secondary N) is 1. The van der Waals surface area contributed by atoms with Crippen LogP contribution in [0.5, 0.6) is 0 Å². The van der Waals surface area contributed by atoms with Crippen LogP contribution in [-0.2, 0) is 10.2 Å². The van der Waals surface area contributed by atoms with Gasteiger partial charge in [0, 0.05) is 30.4 Å². The van der Waals surface area contributed by atoms with Gasteiger partial charge in [0.1, 0.15) is 5.60 Å². The zero-order valence-corrected chi connectivity index (χ0v) is 12.5. The predicted octanol–water partition coefficient (Wildman–Crippen LogP) is 2.86. The number of likely N-dealkylation sites (tertiary alicyclic amines) is 1. The van der Waals surface area contributed by atoms with Gasteiger partial charge in [-0.2, -0.15) is 5.10 Å². The number of H-pyrrole nitrogens is 1. The molecule has 1 saturated heterocycles. The first kappa shape index (κ1) is 14.6. The summed E-state index contributed by atoms with van der Waals surface area (Å²) in [6.45, 7) is 10.9. The Morgan fingerprint density at radius 3 is 2.60 bits per heavy atom. The maximum Gasteiger partial charge on any atom is 0.410 e. The standard InChI is InChI=1S/C15H23N3O2/c1-5-15(12-6-9-16-17-12)7-10-18(11-8-15)13(19)20-14(2,3)4/h5-6,9H,1,7-8,10-11H2,2-4H3,(H,16,17). The molecule has 0 unspecified atom stereocenters. The average Bonchev–Trinajstić information content (AvgIpc) is 2.91. The molecule has 0 spiro atoms. The molecule has 0 aliphatic carbocycles. The third-order valence-electron chi connectivity index (χ3n) is 3.74. The summed E-state index contributed by atoms with van der Waals surface area (Å²) in [6.07, 6.45) is 5.14. The number of amides is 1. The van der Waals surface area contributed by atoms with E-state index in [0.29, 0.717) is 13.1 Å². The van der Waals surface area contributed by atoms with Gasteiger partial charge >= 0.3 is 6.09 Å². The van der Waals surface area contributed by atoms with Crippen LogP contribution in [0.15, 0.2) is 24.9 Å². The fourth-order valence-electron chi connectivity index (χ4n) is 2.53. The third-order valence-corrected chi connectivity index (χ3v) is 3.74. The van der Waals surface area contributed by atoms with E-state index in [1.54, 1.807) is 11.1 Å². The van der Waals surface area contributed by atoms with Crippen molar-refractivity contribution in [2.24, 2.45) is 0 Å². The van der Waals surface area contributed by atoms with Crippen LogP contribution in [0, 0.1) is 0 Å². The molecule has 1 fully saturated rings. The lowest BCUT2D eigenvalue weighted by Crippen LogP contribution is -2.46. The molecule has 0 saturated carbocycles. The van der Waals surface area contributed by atoms with Crippen LogP contribution < -0.4 is 0 Å². The van der Waals surface area contributed by atoms with Crippen molar-refractivity contribution in [1.82, 2.24) is 15.1 Å². The van der Waals surface area contributed by atoms with E-state index < -0.39 is 5.60 Å². The van der Waals surface area contributed by atoms with Crippen molar-refractivity contribution in [2.45, 2.75) is 44.6 Å². The molecule has 1 amide bonds. The van der Waals surface area contributed by atoms with Crippen LogP contribution in [0.2, 0.25) is 0 Å². The minimum atomic E-state index is -0.451. The second kappa shape index (κ2) is 5.31. The van der Waals surface area contributed by atoms with Gasteiger partial charge in [0.05, 0.1) is 0 Å². The van der Waals surface area contributed by atoms with Crippen molar-refractivity contribution >= 4 is 6.09 Å². The molecule has 0 bridgehead atoms. The summed E-state index contributed by atoms with van der Waals surface area (Å²) in [4.78, 5) is 13.8. The predicted molar refractivity (Wildman–Crippen MR) is 77.5 cm³/mol. The molecule has 1 aromatic heterocycles. The Balaban J connectivity index is 2.01. The van der Waals surface area contributed by atoms with E-state index in [0.717, 1.165) is 18.5 Å². The molecule has 110 valence electrons. The molecule has 0 atom stereocenters. The molecule has 20 heavy (non-hydrogen) atoms. The second-order valence-electron chi connectivity index (χ2n) is 6.30. The highest BCUT2D eigenvalue weighted by molar-refractivity contribution is 5.68. The largest absolute Gasteiger partial charge is 0.444 e. The van der Waals surface area contributed by atoms with Crippen molar-refractivity contribution in [3.63, 3.8) is 0 Å². The summed E-state index contributed by atoms with van der Waals surface area (Å²) in [5.41, 5.74) is 0.499. The number of nitrogens with zero attached hydrogens (tertiary/aromatic N) is 2. The van der Waals surface area contributed by atoms with Gasteiger partial charge in [-0.15, -0.1) is 6.58 Å². The molecular formula is C15H23N3O2. The highest BCUT2D eigenvalue weighted by Crippen LogP contribution is 2.35. The van der Waals surface area contributed by atoms with Crippen LogP contribution in [0.1, 0.15) is 39.3 Å². The lowest BCUT2D eigenvalue weighted by molar-refractivity contribution is 0.0181. The maximum absolute atomic E-state index is 12.1. The lowest BCUT2D eigenvalue weighted by Gasteiger charge is -2.39. The Bertz CT molecular complexity index is 466. The molecule has 5 heteroatoms. The Labute approximate surface area is 120 Å². The molecule has 1 N–H and O–H groups in total. The van der Waals surface area contributed by atoms with Crippen LogP contribution in [-0.4, -0.2) is 39.9 Å². The first-order valence-electron chi connectivity index (χ1n) is 6.98. The Morgan fingerprint density at radius 2 is 2.15 bits per heavy atom. The van der Waals surface area contributed by atoms with Crippen molar-refractivity contribution in [3.05, 3.63) is 30.6 Å². The number of carbonyl (C=O) groups excluding carboxylic acids is 1. The van der Waals surface area contributed by atoms with Crippen molar-refractivity contribution in [1.29, 1.82) is 0 Å². The van der Waals surface area contributed by atoms with Gasteiger partial charge in [0.25, 0.3) is 0 Å². The minimum absolute atomic E-state index is 0.116. The van der Waals surface area contributed by atoms with Crippen molar-refractivity contribution in [2.75, 3.05) is 13.1 Å². The normalized spacial score (nSPS) is 18.6. The van der Waals surface area contributed by atoms with Crippen LogP contribution >= 0.6 is 0 Å². The molecule has 0 radical (unpaired) electrons. The van der Waals surface area contributed by atoms with Gasteiger partial charge in [-0.25, -0.2) is 4.79 Å². The molecule has 2 rings (SSSR count). The van der Waals surface area contributed by atoms with E-state index in [9.17, 15) is 4.79 Å². The second-order valence-corrected chi connectivity index (χ2v) is 6.30. The zero-order valence-electron chi connectivity index (χ0n) is 12.5. The summed E-state index contributed by atoms with van der Waals surface area (Å²) in [7, 11) is 0. The van der Waals surface area contributed by atoms with E-state index >= 15 is 0 Å². The zero-order chi connectivity index (χ0) is 14.8. The maximum atomic E-state index is 12.1. The van der Waals surface area contributed by atoms with E-state index in [-0.39, 0.29) is 11.5 Å². The minimum Gasteiger partial charge on any atom is -0.444 e. The number of allylic oxidation sites excluding steroid dienone is 1. The molecular weight excluding hydrogens is 254 g/mol. The molecule has 1 aromatic rings. The number of aromatic amines is 1. The Kier molecular flexibility index (Phi) is 3.88. The number of hydrogen-bond acceptors (Lipinski definition) is 3. The van der Waals surface area contributed by atoms with E-state index in [4.69, 9.17) is 4.74 Å². The van der Waals surface area contributed by atoms with E-state index in [2.05, 4.69) is 16.8 Å². The fourth-order valence-corrected chi connectivity index (χ4v) is 2.53. The molecule has 1 aliphatic rings. The smallest absolute Gasteiger partial charge is 0.410 e. The highest BCUT2D eigenvalue weighted by atomic mass is 16.6. The Morgan fingerprint density at radius 1 is 1.50 bits per heavy atom. The highest BCUT2D eigenvalue weighted by Gasteiger charge is 2.37. The molecule has 5 nitrogen and oxygen atoms in total. The SMILES string of the molecule is C=CC1(c2ccn[nH]2)CCN(C(=O)OC(C)(C)C)CC1. The third kappa shape index (κ3) is 3.03. The van der Waals surface area contributed by atoms with Crippen molar-refractivity contribution < 1.29 is 9.53 Å². The van der Waals surface area contributed by atoms with Crippen molar-refractivity contribution in [3.8, 4) is 0 Å². The van der Waals surface area contributed by atoms with Crippen LogP contribution in [0.3, 0.4) is 0 Å². The monoisotopic (exact) mass is 277 g/mol. The number of aromatic nitrogens is 2. The first-order valence-corrected chi connectivity index (χ1v) is 6.98. The molecule has 2 heterocycles. The number of hydrogen-bond donors (Lipinski definition) is 1. The average molecular weight is 277 g/mol. The van der Waals surface area contributed by atoms with Crippen LogP contribution in [0.4, 0.5) is 4.79 Å². The van der Waals surface area contributed by atoms with E-state index in [1.165, 1.54) is 0 Å². The quantitative estimate of drug-likeness (QED) is 0.846. The van der Waals surface area contributed by atoms with E-state index in [1.807, 2.05) is 32.9 Å². The summed E-state index contributed by atoms with van der Waals surface area (Å²) in [6, 6.07) is 1.98. The van der Waals surface area contributed by atoms with Gasteiger partial charge in [-0.1, -0.05) is 6.08 Å². The summed E-state index contributed by atoms with van der Waals surface area (Å²) in [5.74, 6) is 0. The van der Waals surface area contributed by atoms with Gasteiger partial charge in [0.15, 0.2) is 0 Å². The molecule has 0 aromatic carbocycles. The van der Waals surface area contributed by atoms with Gasteiger partial charge in [0.2, 0.25) is 0 Å². The summed E-state index contributed by atoms with van der Waals surface area (Å²) < 4.78 is 5.41. The number of ether oxygens (including phenoxy) is 1. The lowest BCUT2D eigenvalue weighted by atomic mass is 9.76. The number of piperidine rings is 1. The van der Waals surface area contributed by atoms with Crippen LogP contribution in [0.25, 0.3) is 0 Å².